The van der Waals surface area contributed by atoms with E-state index in [4.69, 9.17) is 21.1 Å². The lowest BCUT2D eigenvalue weighted by molar-refractivity contribution is -0.114. The lowest BCUT2D eigenvalue weighted by Gasteiger charge is -2.20. The largest absolute Gasteiger partial charge is 0.492 e. The van der Waals surface area contributed by atoms with E-state index < -0.39 is 6.23 Å². The van der Waals surface area contributed by atoms with Gasteiger partial charge in [-0.3, -0.25) is 10.2 Å². The van der Waals surface area contributed by atoms with Crippen LogP contribution in [0.15, 0.2) is 17.2 Å². The molecular formula is C12H11ClN2O3. The number of carbonyl (C=O) groups is 1. The summed E-state index contributed by atoms with van der Waals surface area (Å²) in [6, 6.07) is 3.62. The van der Waals surface area contributed by atoms with Crippen LogP contribution in [0.25, 0.3) is 0 Å². The third-order valence-corrected chi connectivity index (χ3v) is 3.07. The third-order valence-electron chi connectivity index (χ3n) is 2.85. The number of nitrogens with zero attached hydrogens (tertiary/aromatic N) is 1. The van der Waals surface area contributed by atoms with Gasteiger partial charge in [0.2, 0.25) is 12.1 Å². The molecule has 0 spiro atoms. The van der Waals surface area contributed by atoms with Crippen molar-refractivity contribution in [1.82, 2.24) is 5.43 Å². The van der Waals surface area contributed by atoms with Crippen LogP contribution in [0.3, 0.4) is 0 Å². The van der Waals surface area contributed by atoms with E-state index in [9.17, 15) is 4.79 Å². The molecule has 0 amide bonds. The first-order valence-corrected chi connectivity index (χ1v) is 6.06. The average molecular weight is 267 g/mol. The zero-order valence-electron chi connectivity index (χ0n) is 9.48. The van der Waals surface area contributed by atoms with Crippen LogP contribution in [-0.2, 0) is 16.0 Å². The molecule has 0 aromatic heterocycles. The van der Waals surface area contributed by atoms with E-state index in [-0.39, 0.29) is 0 Å². The Morgan fingerprint density at radius 3 is 3.17 bits per heavy atom. The van der Waals surface area contributed by atoms with Crippen LogP contribution in [0.5, 0.6) is 5.75 Å². The van der Waals surface area contributed by atoms with E-state index in [2.05, 4.69) is 10.5 Å². The molecule has 1 N–H and O–H groups in total. The van der Waals surface area contributed by atoms with E-state index in [1.165, 1.54) is 0 Å². The summed E-state index contributed by atoms with van der Waals surface area (Å²) in [5.74, 6) is 1.09. The van der Waals surface area contributed by atoms with Crippen molar-refractivity contribution in [3.05, 3.63) is 28.3 Å². The first-order valence-electron chi connectivity index (χ1n) is 5.68. The molecule has 0 saturated carbocycles. The molecule has 0 saturated heterocycles. The Labute approximate surface area is 109 Å². The molecule has 0 radical (unpaired) electrons. The summed E-state index contributed by atoms with van der Waals surface area (Å²) >= 11 is 6.07. The van der Waals surface area contributed by atoms with Crippen LogP contribution < -0.4 is 10.2 Å². The summed E-state index contributed by atoms with van der Waals surface area (Å²) in [5, 5.41) is 4.59. The number of rotatable bonds is 2. The van der Waals surface area contributed by atoms with Gasteiger partial charge in [0, 0.05) is 5.02 Å². The molecule has 2 heterocycles. The highest BCUT2D eigenvalue weighted by Gasteiger charge is 2.26. The molecule has 1 atom stereocenters. The summed E-state index contributed by atoms with van der Waals surface area (Å²) in [4.78, 5) is 10.6. The molecular weight excluding hydrogens is 256 g/mol. The van der Waals surface area contributed by atoms with Gasteiger partial charge in [0.1, 0.15) is 5.75 Å². The molecule has 0 aliphatic carbocycles. The van der Waals surface area contributed by atoms with Crippen LogP contribution in [0.4, 0.5) is 0 Å². The highest BCUT2D eigenvalue weighted by molar-refractivity contribution is 6.31. The maximum absolute atomic E-state index is 10.6. The third kappa shape index (κ3) is 1.90. The Balaban J connectivity index is 2.01. The Morgan fingerprint density at radius 2 is 2.39 bits per heavy atom. The minimum atomic E-state index is -0.738. The second-order valence-electron chi connectivity index (χ2n) is 4.11. The van der Waals surface area contributed by atoms with Crippen molar-refractivity contribution in [3.63, 3.8) is 0 Å². The van der Waals surface area contributed by atoms with Gasteiger partial charge in [-0.25, -0.2) is 0 Å². The molecule has 94 valence electrons. The summed E-state index contributed by atoms with van der Waals surface area (Å²) < 4.78 is 11.0. The van der Waals surface area contributed by atoms with Crippen molar-refractivity contribution in [2.24, 2.45) is 5.10 Å². The van der Waals surface area contributed by atoms with Gasteiger partial charge in [-0.1, -0.05) is 11.6 Å². The number of ether oxygens (including phenoxy) is 2. The first kappa shape index (κ1) is 11.3. The van der Waals surface area contributed by atoms with Crippen molar-refractivity contribution >= 4 is 23.8 Å². The maximum atomic E-state index is 10.6. The fourth-order valence-corrected chi connectivity index (χ4v) is 2.32. The summed E-state index contributed by atoms with van der Waals surface area (Å²) in [6.45, 7) is 0.666. The topological polar surface area (TPSA) is 59.9 Å². The fraction of sp³-hybridized carbons (Fsp3) is 0.333. The van der Waals surface area contributed by atoms with Crippen molar-refractivity contribution < 1.29 is 14.3 Å². The van der Waals surface area contributed by atoms with Crippen LogP contribution in [0.1, 0.15) is 17.5 Å². The number of nitrogens with one attached hydrogen (secondary N) is 1. The molecule has 0 fully saturated rings. The molecule has 5 nitrogen and oxygen atoms in total. The number of carbonyl (C=O) groups excluding carboxylic acids is 1. The van der Waals surface area contributed by atoms with Gasteiger partial charge >= 0.3 is 0 Å². The van der Waals surface area contributed by atoms with Crippen LogP contribution in [0, 0.1) is 0 Å². The number of benzene rings is 1. The monoisotopic (exact) mass is 266 g/mol. The molecule has 1 unspecified atom stereocenters. The van der Waals surface area contributed by atoms with E-state index >= 15 is 0 Å². The fourth-order valence-electron chi connectivity index (χ4n) is 2.08. The normalized spacial score (nSPS) is 21.2. The highest BCUT2D eigenvalue weighted by atomic mass is 35.5. The summed E-state index contributed by atoms with van der Waals surface area (Å²) in [5.41, 5.74) is 4.32. The SMILES string of the molecule is O=CC1NN=C(c2cc(Cl)cc3c2OCCC3)O1. The molecule has 2 aliphatic rings. The molecule has 6 heteroatoms. The van der Waals surface area contributed by atoms with Crippen molar-refractivity contribution in [1.29, 1.82) is 0 Å². The Kier molecular flexibility index (Phi) is 2.83. The van der Waals surface area contributed by atoms with E-state index in [1.807, 2.05) is 6.07 Å². The Morgan fingerprint density at radius 1 is 1.50 bits per heavy atom. The molecule has 1 aromatic carbocycles. The van der Waals surface area contributed by atoms with Crippen LogP contribution >= 0.6 is 11.6 Å². The number of fused-ring (bicyclic) bond motifs is 1. The van der Waals surface area contributed by atoms with Crippen molar-refractivity contribution in [2.75, 3.05) is 6.61 Å². The lowest BCUT2D eigenvalue weighted by Crippen LogP contribution is -2.23. The van der Waals surface area contributed by atoms with E-state index in [0.717, 1.165) is 24.2 Å². The minimum absolute atomic E-state index is 0.341. The van der Waals surface area contributed by atoms with Gasteiger partial charge in [0.25, 0.3) is 0 Å². The minimum Gasteiger partial charge on any atom is -0.492 e. The number of aldehydes is 1. The molecule has 3 rings (SSSR count). The van der Waals surface area contributed by atoms with E-state index in [0.29, 0.717) is 29.4 Å². The van der Waals surface area contributed by atoms with Crippen LogP contribution in [-0.4, -0.2) is 25.0 Å². The Bertz CT molecular complexity index is 530. The molecule has 2 aliphatic heterocycles. The number of hydrazone groups is 1. The standard InChI is InChI=1S/C12H11ClN2O3/c13-8-4-7-2-1-3-17-11(7)9(5-8)12-15-14-10(6-16)18-12/h4-6,10,14H,1-3H2. The summed E-state index contributed by atoms with van der Waals surface area (Å²) in [7, 11) is 0. The number of aryl methyl sites for hydroxylation is 1. The van der Waals surface area contributed by atoms with Gasteiger partial charge in [0.05, 0.1) is 12.2 Å². The van der Waals surface area contributed by atoms with Gasteiger partial charge in [-0.2, -0.15) is 0 Å². The van der Waals surface area contributed by atoms with Gasteiger partial charge < -0.3 is 9.47 Å². The van der Waals surface area contributed by atoms with Gasteiger partial charge in [0.15, 0.2) is 6.29 Å². The lowest BCUT2D eigenvalue weighted by atomic mass is 10.0. The van der Waals surface area contributed by atoms with Crippen molar-refractivity contribution in [2.45, 2.75) is 19.1 Å². The zero-order chi connectivity index (χ0) is 12.5. The van der Waals surface area contributed by atoms with Gasteiger partial charge in [-0.05, 0) is 30.5 Å². The predicted octanol–water partition coefficient (Wildman–Crippen LogP) is 1.47. The average Bonchev–Trinajstić information content (AvgIpc) is 2.86. The zero-order valence-corrected chi connectivity index (χ0v) is 10.2. The summed E-state index contributed by atoms with van der Waals surface area (Å²) in [6.07, 6.45) is 1.79. The second-order valence-corrected chi connectivity index (χ2v) is 4.55. The van der Waals surface area contributed by atoms with Crippen LogP contribution in [0.2, 0.25) is 5.02 Å². The molecule has 18 heavy (non-hydrogen) atoms. The number of hydrogen-bond donors (Lipinski definition) is 1. The molecule has 1 aromatic rings. The second kappa shape index (κ2) is 4.49. The maximum Gasteiger partial charge on any atom is 0.244 e. The van der Waals surface area contributed by atoms with Gasteiger partial charge in [-0.15, -0.1) is 5.10 Å². The number of hydrogen-bond acceptors (Lipinski definition) is 5. The number of halogens is 1. The molecule has 0 bridgehead atoms. The Hall–Kier alpha value is -1.75. The van der Waals surface area contributed by atoms with E-state index in [1.54, 1.807) is 6.07 Å². The predicted molar refractivity (Wildman–Crippen MR) is 65.9 cm³/mol. The first-order chi connectivity index (χ1) is 8.78. The highest BCUT2D eigenvalue weighted by Crippen LogP contribution is 2.33. The van der Waals surface area contributed by atoms with Crippen molar-refractivity contribution in [3.8, 4) is 5.75 Å². The smallest absolute Gasteiger partial charge is 0.244 e. The quantitative estimate of drug-likeness (QED) is 0.824.